The van der Waals surface area contributed by atoms with Crippen LogP contribution in [0.1, 0.15) is 13.8 Å². The fraction of sp³-hybridized carbons (Fsp3) is 0.857. The third kappa shape index (κ3) is 3.90. The van der Waals surface area contributed by atoms with Gasteiger partial charge in [0, 0.05) is 5.75 Å². The van der Waals surface area contributed by atoms with Crippen LogP contribution in [-0.2, 0) is 4.79 Å². The van der Waals surface area contributed by atoms with Gasteiger partial charge in [-0.2, -0.15) is 11.8 Å². The van der Waals surface area contributed by atoms with Crippen molar-refractivity contribution in [1.29, 1.82) is 0 Å². The van der Waals surface area contributed by atoms with E-state index >= 15 is 0 Å². The molecule has 0 heterocycles. The predicted molar refractivity (Wildman–Crippen MR) is 46.5 cm³/mol. The van der Waals surface area contributed by atoms with Crippen molar-refractivity contribution in [2.45, 2.75) is 19.9 Å². The topological polar surface area (TPSA) is 29.1 Å². The lowest BCUT2D eigenvalue weighted by atomic mass is 10.2. The summed E-state index contributed by atoms with van der Waals surface area (Å²) in [6.07, 6.45) is 0. The second-order valence-electron chi connectivity index (χ2n) is 2.11. The fourth-order valence-electron chi connectivity index (χ4n) is 0.640. The number of Topliss-reactive ketones (excluding diaryl/α,β-unsaturated/α-hetero) is 1. The maximum Gasteiger partial charge on any atom is 0.147 e. The van der Waals surface area contributed by atoms with E-state index in [1.165, 1.54) is 0 Å². The summed E-state index contributed by atoms with van der Waals surface area (Å²) >= 11 is 1.79. The van der Waals surface area contributed by atoms with Crippen LogP contribution in [0.5, 0.6) is 0 Å². The summed E-state index contributed by atoms with van der Waals surface area (Å²) < 4.78 is 0. The van der Waals surface area contributed by atoms with Crippen LogP contribution in [-0.4, -0.2) is 30.4 Å². The summed E-state index contributed by atoms with van der Waals surface area (Å²) in [4.78, 5) is 10.8. The summed E-state index contributed by atoms with van der Waals surface area (Å²) in [6.45, 7) is 3.72. The van der Waals surface area contributed by atoms with Gasteiger partial charge in [-0.15, -0.1) is 0 Å². The molecule has 0 radical (unpaired) electrons. The first kappa shape index (κ1) is 9.98. The highest BCUT2D eigenvalue weighted by Crippen LogP contribution is 2.01. The second-order valence-corrected chi connectivity index (χ2v) is 3.43. The highest BCUT2D eigenvalue weighted by atomic mass is 32.2. The number of carbonyl (C=O) groups is 1. The highest BCUT2D eigenvalue weighted by Gasteiger charge is 2.09. The molecule has 0 aliphatic rings. The number of hydrogen-bond acceptors (Lipinski definition) is 3. The van der Waals surface area contributed by atoms with Crippen molar-refractivity contribution < 1.29 is 4.79 Å². The molecule has 0 saturated heterocycles. The predicted octanol–water partition coefficient (Wildman–Crippen LogP) is 0.916. The Kier molecular flexibility index (Phi) is 5.73. The van der Waals surface area contributed by atoms with Gasteiger partial charge in [-0.25, -0.2) is 0 Å². The van der Waals surface area contributed by atoms with Gasteiger partial charge in [0.25, 0.3) is 0 Å². The molecular weight excluding hydrogens is 146 g/mol. The molecule has 0 fully saturated rings. The number of nitrogens with one attached hydrogen (secondary N) is 1. The molecule has 0 aromatic heterocycles. The average molecular weight is 161 g/mol. The highest BCUT2D eigenvalue weighted by molar-refractivity contribution is 7.99. The van der Waals surface area contributed by atoms with E-state index in [-0.39, 0.29) is 11.8 Å². The van der Waals surface area contributed by atoms with E-state index in [1.807, 2.05) is 7.05 Å². The quantitative estimate of drug-likeness (QED) is 0.650. The fourth-order valence-corrected chi connectivity index (χ4v) is 1.51. The minimum absolute atomic E-state index is 0.0462. The SMILES string of the molecule is CCSCC(NC)C(C)=O. The minimum atomic E-state index is 0.0462. The normalized spacial score (nSPS) is 13.1. The van der Waals surface area contributed by atoms with Crippen LogP contribution in [0.25, 0.3) is 0 Å². The maximum atomic E-state index is 10.8. The Bertz CT molecular complexity index is 106. The van der Waals surface area contributed by atoms with Gasteiger partial charge in [0.1, 0.15) is 5.78 Å². The van der Waals surface area contributed by atoms with Crippen LogP contribution in [0.4, 0.5) is 0 Å². The monoisotopic (exact) mass is 161 g/mol. The molecule has 0 aromatic rings. The van der Waals surface area contributed by atoms with Crippen LogP contribution >= 0.6 is 11.8 Å². The third-order valence-electron chi connectivity index (χ3n) is 1.33. The van der Waals surface area contributed by atoms with Gasteiger partial charge in [0.05, 0.1) is 6.04 Å². The number of thioether (sulfide) groups is 1. The molecule has 0 saturated carbocycles. The van der Waals surface area contributed by atoms with Gasteiger partial charge in [-0.1, -0.05) is 6.92 Å². The molecule has 10 heavy (non-hydrogen) atoms. The van der Waals surface area contributed by atoms with Crippen LogP contribution in [0, 0.1) is 0 Å². The van der Waals surface area contributed by atoms with E-state index < -0.39 is 0 Å². The molecule has 0 rings (SSSR count). The molecular formula is C7H15NOS. The lowest BCUT2D eigenvalue weighted by molar-refractivity contribution is -0.118. The minimum Gasteiger partial charge on any atom is -0.310 e. The van der Waals surface area contributed by atoms with Gasteiger partial charge < -0.3 is 5.32 Å². The molecule has 0 amide bonds. The van der Waals surface area contributed by atoms with Crippen LogP contribution in [0.3, 0.4) is 0 Å². The first-order valence-corrected chi connectivity index (χ1v) is 4.63. The smallest absolute Gasteiger partial charge is 0.147 e. The second kappa shape index (κ2) is 5.74. The summed E-state index contributed by atoms with van der Waals surface area (Å²) in [5.74, 6) is 2.19. The van der Waals surface area contributed by atoms with Crippen molar-refractivity contribution in [2.75, 3.05) is 18.6 Å². The first-order chi connectivity index (χ1) is 4.72. The van der Waals surface area contributed by atoms with Crippen molar-refractivity contribution in [3.05, 3.63) is 0 Å². The molecule has 1 unspecified atom stereocenters. The third-order valence-corrected chi connectivity index (χ3v) is 2.31. The van der Waals surface area contributed by atoms with Gasteiger partial charge in [-0.3, -0.25) is 4.79 Å². The van der Waals surface area contributed by atoms with Crippen LogP contribution in [0.2, 0.25) is 0 Å². The van der Waals surface area contributed by atoms with E-state index in [0.717, 1.165) is 11.5 Å². The van der Waals surface area contributed by atoms with Gasteiger partial charge >= 0.3 is 0 Å². The molecule has 0 aromatic carbocycles. The molecule has 60 valence electrons. The lowest BCUT2D eigenvalue weighted by Crippen LogP contribution is -2.34. The lowest BCUT2D eigenvalue weighted by Gasteiger charge is -2.10. The van der Waals surface area contributed by atoms with E-state index in [1.54, 1.807) is 18.7 Å². The summed E-state index contributed by atoms with van der Waals surface area (Å²) in [5, 5.41) is 2.97. The van der Waals surface area contributed by atoms with Crippen molar-refractivity contribution in [1.82, 2.24) is 5.32 Å². The Balaban J connectivity index is 3.50. The zero-order valence-corrected chi connectivity index (χ0v) is 7.62. The van der Waals surface area contributed by atoms with E-state index in [4.69, 9.17) is 0 Å². The average Bonchev–Trinajstić information content (AvgIpc) is 1.89. The largest absolute Gasteiger partial charge is 0.310 e. The number of hydrogen-bond donors (Lipinski definition) is 1. The molecule has 0 aliphatic carbocycles. The molecule has 0 aliphatic heterocycles. The van der Waals surface area contributed by atoms with E-state index in [9.17, 15) is 4.79 Å². The van der Waals surface area contributed by atoms with Gasteiger partial charge in [0.2, 0.25) is 0 Å². The zero-order valence-electron chi connectivity index (χ0n) is 6.81. The summed E-state index contributed by atoms with van der Waals surface area (Å²) in [7, 11) is 1.82. The van der Waals surface area contributed by atoms with Crippen molar-refractivity contribution in [3.8, 4) is 0 Å². The van der Waals surface area contributed by atoms with E-state index in [0.29, 0.717) is 0 Å². The van der Waals surface area contributed by atoms with Crippen LogP contribution < -0.4 is 5.32 Å². The van der Waals surface area contributed by atoms with Crippen molar-refractivity contribution in [3.63, 3.8) is 0 Å². The maximum absolute atomic E-state index is 10.8. The molecule has 1 N–H and O–H groups in total. The van der Waals surface area contributed by atoms with Gasteiger partial charge in [-0.05, 0) is 19.7 Å². The Morgan fingerprint density at radius 2 is 2.30 bits per heavy atom. The number of ketones is 1. The van der Waals surface area contributed by atoms with E-state index in [2.05, 4.69) is 12.2 Å². The number of carbonyl (C=O) groups excluding carboxylic acids is 1. The summed E-state index contributed by atoms with van der Waals surface area (Å²) in [5.41, 5.74) is 0. The number of likely N-dealkylation sites (N-methyl/N-ethyl adjacent to an activating group) is 1. The zero-order chi connectivity index (χ0) is 7.98. The number of rotatable bonds is 5. The van der Waals surface area contributed by atoms with Crippen molar-refractivity contribution >= 4 is 17.5 Å². The van der Waals surface area contributed by atoms with Crippen LogP contribution in [0.15, 0.2) is 0 Å². The molecule has 1 atom stereocenters. The Morgan fingerprint density at radius 3 is 2.60 bits per heavy atom. The Hall–Kier alpha value is -0.0200. The molecule has 0 bridgehead atoms. The standard InChI is InChI=1S/C7H15NOS/c1-4-10-5-7(8-3)6(2)9/h7-8H,4-5H2,1-3H3. The molecule has 0 spiro atoms. The first-order valence-electron chi connectivity index (χ1n) is 3.47. The molecule has 3 heteroatoms. The Labute approximate surface area is 66.8 Å². The summed E-state index contributed by atoms with van der Waals surface area (Å²) in [6, 6.07) is 0.0462. The molecule has 2 nitrogen and oxygen atoms in total. The Morgan fingerprint density at radius 1 is 1.70 bits per heavy atom. The van der Waals surface area contributed by atoms with Gasteiger partial charge in [0.15, 0.2) is 0 Å². The van der Waals surface area contributed by atoms with Crippen molar-refractivity contribution in [2.24, 2.45) is 0 Å².